The van der Waals surface area contributed by atoms with E-state index in [1.807, 2.05) is 11.9 Å². The summed E-state index contributed by atoms with van der Waals surface area (Å²) < 4.78 is 0. The number of hydrogen-bond acceptors (Lipinski definition) is 5. The second-order valence-electron chi connectivity index (χ2n) is 12.2. The van der Waals surface area contributed by atoms with Crippen LogP contribution in [-0.4, -0.2) is 79.5 Å². The van der Waals surface area contributed by atoms with Gasteiger partial charge in [-0.05, 0) is 96.6 Å². The van der Waals surface area contributed by atoms with E-state index in [0.29, 0.717) is 36.4 Å². The van der Waals surface area contributed by atoms with Crippen molar-refractivity contribution in [2.75, 3.05) is 27.7 Å². The molecule has 0 aromatic rings. The molecule has 0 bridgehead atoms. The van der Waals surface area contributed by atoms with Gasteiger partial charge in [0.1, 0.15) is 0 Å². The molecule has 4 aliphatic rings. The van der Waals surface area contributed by atoms with Crippen LogP contribution in [0.1, 0.15) is 71.6 Å². The molecule has 2 saturated heterocycles. The summed E-state index contributed by atoms with van der Waals surface area (Å²) in [5, 5.41) is 9.25. The van der Waals surface area contributed by atoms with E-state index >= 15 is 0 Å². The summed E-state index contributed by atoms with van der Waals surface area (Å²) in [5.41, 5.74) is 0. The van der Waals surface area contributed by atoms with Gasteiger partial charge in [0.2, 0.25) is 11.8 Å². The largest absolute Gasteiger partial charge is 0.342 e. The summed E-state index contributed by atoms with van der Waals surface area (Å²) in [6.45, 7) is 5.38. The van der Waals surface area contributed by atoms with E-state index < -0.39 is 0 Å². The molecule has 3 N–H and O–H groups in total. The summed E-state index contributed by atoms with van der Waals surface area (Å²) in [4.78, 5) is 43.3. The van der Waals surface area contributed by atoms with Crippen molar-refractivity contribution in [1.82, 2.24) is 25.8 Å². The lowest BCUT2D eigenvalue weighted by Gasteiger charge is -2.50. The number of nitrogens with zero attached hydrogens (tertiary/aromatic N) is 2. The molecular formula is C27H47N5O3. The van der Waals surface area contributed by atoms with Crippen LogP contribution in [0.4, 0.5) is 4.79 Å². The van der Waals surface area contributed by atoms with Gasteiger partial charge < -0.3 is 20.4 Å². The third-order valence-corrected chi connectivity index (χ3v) is 9.73. The van der Waals surface area contributed by atoms with Crippen molar-refractivity contribution in [2.45, 2.75) is 95.8 Å². The number of urea groups is 1. The van der Waals surface area contributed by atoms with E-state index in [1.165, 1.54) is 0 Å². The highest BCUT2D eigenvalue weighted by atomic mass is 16.2. The lowest BCUT2D eigenvalue weighted by atomic mass is 9.64. The molecule has 7 atom stereocenters. The number of carbonyl (C=O) groups is 3. The molecule has 35 heavy (non-hydrogen) atoms. The van der Waals surface area contributed by atoms with Crippen molar-refractivity contribution in [3.63, 3.8) is 0 Å². The van der Waals surface area contributed by atoms with Gasteiger partial charge in [-0.15, -0.1) is 0 Å². The third-order valence-electron chi connectivity index (χ3n) is 9.73. The third kappa shape index (κ3) is 6.01. The van der Waals surface area contributed by atoms with E-state index in [-0.39, 0.29) is 41.6 Å². The molecule has 8 heteroatoms. The maximum absolute atomic E-state index is 13.4. The zero-order chi connectivity index (χ0) is 25.3. The van der Waals surface area contributed by atoms with Crippen molar-refractivity contribution >= 4 is 17.8 Å². The molecule has 2 saturated carbocycles. The summed E-state index contributed by atoms with van der Waals surface area (Å²) in [6.07, 6.45) is 8.34. The van der Waals surface area contributed by atoms with Crippen molar-refractivity contribution in [3.8, 4) is 0 Å². The minimum absolute atomic E-state index is 0.0252. The average Bonchev–Trinajstić information content (AvgIpc) is 2.82. The molecule has 4 amide bonds. The number of piperidine rings is 2. The zero-order valence-electron chi connectivity index (χ0n) is 22.4. The highest BCUT2D eigenvalue weighted by Gasteiger charge is 2.47. The van der Waals surface area contributed by atoms with Crippen LogP contribution in [-0.2, 0) is 9.59 Å². The molecule has 2 aliphatic carbocycles. The number of likely N-dealkylation sites (tertiary alicyclic amines) is 1. The first-order valence-corrected chi connectivity index (χ1v) is 13.9. The summed E-state index contributed by atoms with van der Waals surface area (Å²) >= 11 is 0. The minimum Gasteiger partial charge on any atom is -0.342 e. The topological polar surface area (TPSA) is 93.8 Å². The molecule has 0 aromatic heterocycles. The second kappa shape index (κ2) is 11.2. The van der Waals surface area contributed by atoms with Crippen LogP contribution in [0.5, 0.6) is 0 Å². The Labute approximate surface area is 211 Å². The normalized spacial score (nSPS) is 40.2. The Balaban J connectivity index is 1.31. The predicted molar refractivity (Wildman–Crippen MR) is 137 cm³/mol. The summed E-state index contributed by atoms with van der Waals surface area (Å²) in [5.74, 6) is 0.935. The second-order valence-corrected chi connectivity index (χ2v) is 12.2. The van der Waals surface area contributed by atoms with Gasteiger partial charge in [-0.25, -0.2) is 4.79 Å². The number of imide groups is 1. The molecule has 7 unspecified atom stereocenters. The first-order valence-electron chi connectivity index (χ1n) is 13.9. The standard InChI is InChI=1S/C27H47N5O3/c1-16-6-7-18(25(33)30-27(35)29-20-8-10-21(11-9-20)31(3)4)13-22(16)23-14-19-15-28-17(2)12-24(19)32(5)26(23)34/h16-24,28H,6-15H2,1-5H3,(H2,29,30,33,35). The molecule has 8 nitrogen and oxygen atoms in total. The Hall–Kier alpha value is -1.67. The van der Waals surface area contributed by atoms with Crippen LogP contribution in [0.25, 0.3) is 0 Å². The summed E-state index contributed by atoms with van der Waals surface area (Å²) in [7, 11) is 6.18. The van der Waals surface area contributed by atoms with E-state index in [2.05, 4.69) is 48.8 Å². The number of rotatable bonds is 4. The fraction of sp³-hybridized carbons (Fsp3) is 0.889. The van der Waals surface area contributed by atoms with E-state index in [4.69, 9.17) is 0 Å². The lowest BCUT2D eigenvalue weighted by molar-refractivity contribution is -0.149. The Morgan fingerprint density at radius 3 is 2.40 bits per heavy atom. The van der Waals surface area contributed by atoms with Crippen LogP contribution >= 0.6 is 0 Å². The van der Waals surface area contributed by atoms with E-state index in [1.54, 1.807) is 0 Å². The number of fused-ring (bicyclic) bond motifs is 1. The van der Waals surface area contributed by atoms with Gasteiger partial charge >= 0.3 is 6.03 Å². The van der Waals surface area contributed by atoms with Crippen molar-refractivity contribution < 1.29 is 14.4 Å². The van der Waals surface area contributed by atoms with Gasteiger partial charge in [0.05, 0.1) is 0 Å². The van der Waals surface area contributed by atoms with Gasteiger partial charge in [0.25, 0.3) is 0 Å². The molecule has 0 radical (unpaired) electrons. The highest BCUT2D eigenvalue weighted by Crippen LogP contribution is 2.44. The molecular weight excluding hydrogens is 442 g/mol. The number of hydrogen-bond donors (Lipinski definition) is 3. The molecule has 4 rings (SSSR count). The first-order chi connectivity index (χ1) is 16.6. The smallest absolute Gasteiger partial charge is 0.321 e. The fourth-order valence-corrected chi connectivity index (χ4v) is 7.38. The lowest BCUT2D eigenvalue weighted by Crippen LogP contribution is -2.60. The SMILES string of the molecule is CC1CC2C(CN1)CC(C1CC(C(=O)NC(=O)NC3CCC(N(C)C)CC3)CCC1C)C(=O)N2C. The first kappa shape index (κ1) is 26.4. The molecule has 0 aromatic carbocycles. The maximum Gasteiger partial charge on any atom is 0.321 e. The van der Waals surface area contributed by atoms with Gasteiger partial charge in [-0.3, -0.25) is 14.9 Å². The number of carbonyl (C=O) groups excluding carboxylic acids is 3. The minimum atomic E-state index is -0.364. The predicted octanol–water partition coefficient (Wildman–Crippen LogP) is 2.58. The monoisotopic (exact) mass is 489 g/mol. The Morgan fingerprint density at radius 2 is 1.71 bits per heavy atom. The van der Waals surface area contributed by atoms with Crippen LogP contribution in [0.2, 0.25) is 0 Å². The molecule has 2 heterocycles. The van der Waals surface area contributed by atoms with E-state index in [9.17, 15) is 14.4 Å². The summed E-state index contributed by atoms with van der Waals surface area (Å²) in [6, 6.07) is 1.11. The Kier molecular flexibility index (Phi) is 8.41. The molecule has 0 spiro atoms. The average molecular weight is 490 g/mol. The highest BCUT2D eigenvalue weighted by molar-refractivity contribution is 5.95. The van der Waals surface area contributed by atoms with Crippen LogP contribution in [0, 0.1) is 29.6 Å². The van der Waals surface area contributed by atoms with Gasteiger partial charge in [0.15, 0.2) is 0 Å². The van der Waals surface area contributed by atoms with Gasteiger partial charge in [0, 0.05) is 49.6 Å². The fourth-order valence-electron chi connectivity index (χ4n) is 7.38. The molecule has 198 valence electrons. The van der Waals surface area contributed by atoms with Crippen LogP contribution < -0.4 is 16.0 Å². The van der Waals surface area contributed by atoms with Crippen molar-refractivity contribution in [3.05, 3.63) is 0 Å². The Morgan fingerprint density at radius 1 is 1.00 bits per heavy atom. The number of amides is 4. The zero-order valence-corrected chi connectivity index (χ0v) is 22.4. The molecule has 4 fully saturated rings. The quantitative estimate of drug-likeness (QED) is 0.564. The van der Waals surface area contributed by atoms with Crippen molar-refractivity contribution in [2.24, 2.45) is 29.6 Å². The molecule has 2 aliphatic heterocycles. The Bertz CT molecular complexity index is 781. The van der Waals surface area contributed by atoms with Crippen molar-refractivity contribution in [1.29, 1.82) is 0 Å². The maximum atomic E-state index is 13.4. The van der Waals surface area contributed by atoms with E-state index in [0.717, 1.165) is 57.9 Å². The van der Waals surface area contributed by atoms with Gasteiger partial charge in [-0.2, -0.15) is 0 Å². The van der Waals surface area contributed by atoms with Gasteiger partial charge in [-0.1, -0.05) is 6.92 Å². The number of nitrogens with one attached hydrogen (secondary N) is 3. The van der Waals surface area contributed by atoms with Crippen LogP contribution in [0.3, 0.4) is 0 Å². The van der Waals surface area contributed by atoms with Crippen LogP contribution in [0.15, 0.2) is 0 Å².